The van der Waals surface area contributed by atoms with E-state index in [1.54, 1.807) is 42.5 Å². The van der Waals surface area contributed by atoms with E-state index < -0.39 is 0 Å². The Kier molecular flexibility index (Phi) is 6.93. The van der Waals surface area contributed by atoms with Crippen molar-refractivity contribution >= 4 is 29.1 Å². The van der Waals surface area contributed by atoms with Crippen molar-refractivity contribution < 1.29 is 14.3 Å². The van der Waals surface area contributed by atoms with E-state index in [1.807, 2.05) is 6.92 Å². The van der Waals surface area contributed by atoms with E-state index in [2.05, 4.69) is 10.6 Å². The highest BCUT2D eigenvalue weighted by atomic mass is 35.5. The van der Waals surface area contributed by atoms with E-state index in [0.717, 1.165) is 31.2 Å². The molecule has 0 saturated heterocycles. The Morgan fingerprint density at radius 1 is 1.11 bits per heavy atom. The van der Waals surface area contributed by atoms with Gasteiger partial charge < -0.3 is 15.4 Å². The molecule has 148 valence electrons. The SMILES string of the molecule is Cc1cc(OCC(=O)Nc2cccc(C(=O)NC3CCCCC3)c2)ccc1Cl. The van der Waals surface area contributed by atoms with Gasteiger partial charge in [0.2, 0.25) is 0 Å². The summed E-state index contributed by atoms with van der Waals surface area (Å²) in [6.07, 6.45) is 5.63. The molecule has 0 unspecified atom stereocenters. The zero-order chi connectivity index (χ0) is 19.9. The third kappa shape index (κ3) is 5.73. The molecular weight excluding hydrogens is 376 g/mol. The van der Waals surface area contributed by atoms with Crippen LogP contribution >= 0.6 is 11.6 Å². The molecule has 0 bridgehead atoms. The second kappa shape index (κ2) is 9.60. The van der Waals surface area contributed by atoms with Gasteiger partial charge in [0.05, 0.1) is 0 Å². The highest BCUT2D eigenvalue weighted by molar-refractivity contribution is 6.31. The molecule has 2 N–H and O–H groups in total. The quantitative estimate of drug-likeness (QED) is 0.736. The predicted molar refractivity (Wildman–Crippen MR) is 111 cm³/mol. The monoisotopic (exact) mass is 400 g/mol. The van der Waals surface area contributed by atoms with Crippen molar-refractivity contribution in [3.63, 3.8) is 0 Å². The first-order chi connectivity index (χ1) is 13.5. The Morgan fingerprint density at radius 3 is 2.64 bits per heavy atom. The first-order valence-electron chi connectivity index (χ1n) is 9.61. The molecule has 0 aromatic heterocycles. The number of halogens is 1. The molecule has 1 saturated carbocycles. The average molecular weight is 401 g/mol. The van der Waals surface area contributed by atoms with Crippen molar-refractivity contribution in [2.45, 2.75) is 45.1 Å². The predicted octanol–water partition coefficient (Wildman–Crippen LogP) is 4.73. The van der Waals surface area contributed by atoms with E-state index in [-0.39, 0.29) is 24.5 Å². The minimum atomic E-state index is -0.294. The summed E-state index contributed by atoms with van der Waals surface area (Å²) >= 11 is 5.98. The summed E-state index contributed by atoms with van der Waals surface area (Å²) in [5.41, 5.74) is 1.99. The highest BCUT2D eigenvalue weighted by Gasteiger charge is 2.17. The van der Waals surface area contributed by atoms with Crippen molar-refractivity contribution in [2.24, 2.45) is 0 Å². The minimum absolute atomic E-state index is 0.101. The fourth-order valence-electron chi connectivity index (χ4n) is 3.31. The van der Waals surface area contributed by atoms with Crippen LogP contribution in [0.5, 0.6) is 5.75 Å². The van der Waals surface area contributed by atoms with Crippen molar-refractivity contribution in [1.82, 2.24) is 5.32 Å². The highest BCUT2D eigenvalue weighted by Crippen LogP contribution is 2.21. The van der Waals surface area contributed by atoms with Crippen LogP contribution in [-0.2, 0) is 4.79 Å². The zero-order valence-electron chi connectivity index (χ0n) is 16.0. The van der Waals surface area contributed by atoms with Gasteiger partial charge in [0.15, 0.2) is 6.61 Å². The molecule has 0 atom stereocenters. The molecule has 1 aliphatic carbocycles. The molecule has 2 amide bonds. The molecule has 5 nitrogen and oxygen atoms in total. The van der Waals surface area contributed by atoms with Crippen LogP contribution in [-0.4, -0.2) is 24.5 Å². The molecule has 2 aromatic rings. The van der Waals surface area contributed by atoms with Crippen LogP contribution in [0, 0.1) is 6.92 Å². The van der Waals surface area contributed by atoms with Crippen LogP contribution in [0.4, 0.5) is 5.69 Å². The minimum Gasteiger partial charge on any atom is -0.484 e. The van der Waals surface area contributed by atoms with Crippen molar-refractivity contribution in [3.05, 3.63) is 58.6 Å². The van der Waals surface area contributed by atoms with Crippen LogP contribution < -0.4 is 15.4 Å². The summed E-state index contributed by atoms with van der Waals surface area (Å²) in [6, 6.07) is 12.4. The largest absolute Gasteiger partial charge is 0.484 e. The number of ether oxygens (including phenoxy) is 1. The van der Waals surface area contributed by atoms with Gasteiger partial charge in [-0.1, -0.05) is 36.9 Å². The van der Waals surface area contributed by atoms with Crippen LogP contribution in [0.2, 0.25) is 5.02 Å². The van der Waals surface area contributed by atoms with Gasteiger partial charge in [-0.05, 0) is 61.7 Å². The van der Waals surface area contributed by atoms with Gasteiger partial charge in [-0.2, -0.15) is 0 Å². The maximum Gasteiger partial charge on any atom is 0.262 e. The topological polar surface area (TPSA) is 67.4 Å². The molecule has 3 rings (SSSR count). The normalized spacial score (nSPS) is 14.4. The zero-order valence-corrected chi connectivity index (χ0v) is 16.7. The molecule has 1 fully saturated rings. The smallest absolute Gasteiger partial charge is 0.262 e. The molecule has 28 heavy (non-hydrogen) atoms. The lowest BCUT2D eigenvalue weighted by atomic mass is 9.95. The molecule has 0 heterocycles. The first-order valence-corrected chi connectivity index (χ1v) is 9.99. The second-order valence-electron chi connectivity index (χ2n) is 7.14. The number of benzene rings is 2. The Hall–Kier alpha value is -2.53. The van der Waals surface area contributed by atoms with Crippen LogP contribution in [0.25, 0.3) is 0 Å². The molecule has 1 aliphatic rings. The summed E-state index contributed by atoms with van der Waals surface area (Å²) < 4.78 is 5.50. The van der Waals surface area contributed by atoms with Crippen LogP contribution in [0.15, 0.2) is 42.5 Å². The van der Waals surface area contributed by atoms with Gasteiger partial charge in [-0.3, -0.25) is 9.59 Å². The Balaban J connectivity index is 1.53. The van der Waals surface area contributed by atoms with Gasteiger partial charge in [0.25, 0.3) is 11.8 Å². The number of amides is 2. The maximum absolute atomic E-state index is 12.5. The maximum atomic E-state index is 12.5. The van der Waals surface area contributed by atoms with E-state index in [1.165, 1.54) is 6.42 Å². The van der Waals surface area contributed by atoms with E-state index in [9.17, 15) is 9.59 Å². The van der Waals surface area contributed by atoms with Crippen LogP contribution in [0.1, 0.15) is 48.0 Å². The fourth-order valence-corrected chi connectivity index (χ4v) is 3.42. The number of rotatable bonds is 6. The number of anilines is 1. The summed E-state index contributed by atoms with van der Waals surface area (Å²) in [5, 5.41) is 6.50. The lowest BCUT2D eigenvalue weighted by Crippen LogP contribution is -2.36. The number of carbonyl (C=O) groups excluding carboxylic acids is 2. The summed E-state index contributed by atoms with van der Waals surface area (Å²) in [7, 11) is 0. The van der Waals surface area contributed by atoms with Crippen molar-refractivity contribution in [1.29, 1.82) is 0 Å². The number of hydrogen-bond acceptors (Lipinski definition) is 3. The van der Waals surface area contributed by atoms with E-state index in [4.69, 9.17) is 16.3 Å². The van der Waals surface area contributed by atoms with E-state index >= 15 is 0 Å². The van der Waals surface area contributed by atoms with Gasteiger partial charge in [0.1, 0.15) is 5.75 Å². The third-order valence-corrected chi connectivity index (χ3v) is 5.27. The summed E-state index contributed by atoms with van der Waals surface area (Å²) in [4.78, 5) is 24.6. The molecule has 0 radical (unpaired) electrons. The lowest BCUT2D eigenvalue weighted by Gasteiger charge is -2.22. The van der Waals surface area contributed by atoms with Gasteiger partial charge in [0, 0.05) is 22.3 Å². The molecular formula is C22H25ClN2O3. The van der Waals surface area contributed by atoms with Gasteiger partial charge in [-0.15, -0.1) is 0 Å². The van der Waals surface area contributed by atoms with Crippen molar-refractivity contribution in [2.75, 3.05) is 11.9 Å². The Labute approximate surface area is 170 Å². The second-order valence-corrected chi connectivity index (χ2v) is 7.54. The average Bonchev–Trinajstić information content (AvgIpc) is 2.70. The van der Waals surface area contributed by atoms with Crippen molar-refractivity contribution in [3.8, 4) is 5.75 Å². The number of carbonyl (C=O) groups is 2. The number of nitrogens with one attached hydrogen (secondary N) is 2. The lowest BCUT2D eigenvalue weighted by molar-refractivity contribution is -0.118. The molecule has 0 aliphatic heterocycles. The number of hydrogen-bond donors (Lipinski definition) is 2. The molecule has 6 heteroatoms. The third-order valence-electron chi connectivity index (χ3n) is 4.85. The van der Waals surface area contributed by atoms with Crippen LogP contribution in [0.3, 0.4) is 0 Å². The van der Waals surface area contributed by atoms with Gasteiger partial charge >= 0.3 is 0 Å². The van der Waals surface area contributed by atoms with E-state index in [0.29, 0.717) is 22.0 Å². The van der Waals surface area contributed by atoms with Gasteiger partial charge in [-0.25, -0.2) is 0 Å². The Morgan fingerprint density at radius 2 is 1.89 bits per heavy atom. The molecule has 0 spiro atoms. The fraction of sp³-hybridized carbons (Fsp3) is 0.364. The Bertz CT molecular complexity index is 847. The number of aryl methyl sites for hydroxylation is 1. The first kappa shape index (κ1) is 20.2. The summed E-state index contributed by atoms with van der Waals surface area (Å²) in [5.74, 6) is 0.186. The summed E-state index contributed by atoms with van der Waals surface area (Å²) in [6.45, 7) is 1.75. The molecule has 2 aromatic carbocycles. The standard InChI is InChI=1S/C22H25ClN2O3/c1-15-12-19(10-11-20(15)23)28-14-21(26)24-18-9-5-6-16(13-18)22(27)25-17-7-3-2-4-8-17/h5-6,9-13,17H,2-4,7-8,14H2,1H3,(H,24,26)(H,25,27).